The van der Waals surface area contributed by atoms with E-state index in [0.717, 1.165) is 29.7 Å². The van der Waals surface area contributed by atoms with Gasteiger partial charge in [-0.3, -0.25) is 9.69 Å². The van der Waals surface area contributed by atoms with E-state index in [4.69, 9.17) is 14.2 Å². The number of carbonyl (C=O) groups is 1. The van der Waals surface area contributed by atoms with Crippen LogP contribution in [0.25, 0.3) is 0 Å². The molecule has 1 fully saturated rings. The van der Waals surface area contributed by atoms with Crippen LogP contribution in [0.15, 0.2) is 42.5 Å². The molecule has 0 saturated carbocycles. The number of hydrogen-bond acceptors (Lipinski definition) is 5. The molecule has 1 saturated heterocycles. The molecule has 2 atom stereocenters. The standard InChI is InChI=1S/C23H29NO5/c1-4-29-18-9-7-8-16(14-18)22(24-13-6-5-10-20(24)23(25)26)19-12-11-17(27-2)15-21(19)28-3/h7-9,11-12,14-15,20,22H,4-6,10,13H2,1-3H3,(H,25,26). The minimum absolute atomic E-state index is 0.266. The summed E-state index contributed by atoms with van der Waals surface area (Å²) in [5.74, 6) is 1.35. The van der Waals surface area contributed by atoms with Crippen LogP contribution in [0.3, 0.4) is 0 Å². The maximum absolute atomic E-state index is 12.0. The van der Waals surface area contributed by atoms with Gasteiger partial charge in [0.15, 0.2) is 0 Å². The minimum atomic E-state index is -0.789. The zero-order valence-electron chi connectivity index (χ0n) is 17.3. The lowest BCUT2D eigenvalue weighted by molar-refractivity contribution is -0.145. The van der Waals surface area contributed by atoms with Gasteiger partial charge in [-0.2, -0.15) is 0 Å². The molecule has 0 radical (unpaired) electrons. The van der Waals surface area contributed by atoms with Gasteiger partial charge >= 0.3 is 5.97 Å². The highest BCUT2D eigenvalue weighted by Crippen LogP contribution is 2.40. The highest BCUT2D eigenvalue weighted by Gasteiger charge is 2.36. The van der Waals surface area contributed by atoms with Gasteiger partial charge in [0.25, 0.3) is 0 Å². The van der Waals surface area contributed by atoms with Gasteiger partial charge in [-0.15, -0.1) is 0 Å². The van der Waals surface area contributed by atoms with Crippen molar-refractivity contribution in [2.45, 2.75) is 38.3 Å². The van der Waals surface area contributed by atoms with Crippen LogP contribution < -0.4 is 14.2 Å². The zero-order chi connectivity index (χ0) is 20.8. The molecule has 1 heterocycles. The number of piperidine rings is 1. The van der Waals surface area contributed by atoms with Gasteiger partial charge in [0.1, 0.15) is 23.3 Å². The van der Waals surface area contributed by atoms with Crippen molar-refractivity contribution in [1.82, 2.24) is 4.90 Å². The molecule has 0 amide bonds. The molecule has 6 nitrogen and oxygen atoms in total. The van der Waals surface area contributed by atoms with Gasteiger partial charge in [-0.1, -0.05) is 18.6 Å². The Morgan fingerprint density at radius 1 is 1.14 bits per heavy atom. The predicted octanol–water partition coefficient (Wildman–Crippen LogP) is 4.13. The number of carboxylic acids is 1. The van der Waals surface area contributed by atoms with Crippen molar-refractivity contribution in [1.29, 1.82) is 0 Å². The Morgan fingerprint density at radius 3 is 2.66 bits per heavy atom. The molecule has 2 unspecified atom stereocenters. The number of hydrogen-bond donors (Lipinski definition) is 1. The maximum atomic E-state index is 12.0. The molecule has 1 aliphatic rings. The fraction of sp³-hybridized carbons (Fsp3) is 0.435. The molecule has 0 aliphatic carbocycles. The summed E-state index contributed by atoms with van der Waals surface area (Å²) in [4.78, 5) is 14.1. The second-order valence-electron chi connectivity index (χ2n) is 7.10. The minimum Gasteiger partial charge on any atom is -0.497 e. The average Bonchev–Trinajstić information content (AvgIpc) is 2.75. The van der Waals surface area contributed by atoms with Crippen LogP contribution in [0.2, 0.25) is 0 Å². The number of nitrogens with zero attached hydrogens (tertiary/aromatic N) is 1. The number of methoxy groups -OCH3 is 2. The van der Waals surface area contributed by atoms with Crippen molar-refractivity contribution in [2.75, 3.05) is 27.4 Å². The number of likely N-dealkylation sites (tertiary alicyclic amines) is 1. The Hall–Kier alpha value is -2.73. The molecule has 6 heteroatoms. The molecular weight excluding hydrogens is 370 g/mol. The number of aliphatic carboxylic acids is 1. The van der Waals surface area contributed by atoms with Crippen LogP contribution in [0, 0.1) is 0 Å². The molecule has 2 aromatic carbocycles. The van der Waals surface area contributed by atoms with Gasteiger partial charge in [-0.25, -0.2) is 0 Å². The molecule has 1 N–H and O–H groups in total. The summed E-state index contributed by atoms with van der Waals surface area (Å²) in [6, 6.07) is 12.8. The molecule has 156 valence electrons. The van der Waals surface area contributed by atoms with E-state index in [0.29, 0.717) is 31.1 Å². The van der Waals surface area contributed by atoms with Crippen LogP contribution in [0.5, 0.6) is 17.2 Å². The normalized spacial score (nSPS) is 18.1. The van der Waals surface area contributed by atoms with E-state index in [-0.39, 0.29) is 6.04 Å². The van der Waals surface area contributed by atoms with E-state index in [2.05, 4.69) is 4.90 Å². The van der Waals surface area contributed by atoms with Crippen LogP contribution in [0.1, 0.15) is 43.4 Å². The monoisotopic (exact) mass is 399 g/mol. The van der Waals surface area contributed by atoms with E-state index in [1.165, 1.54) is 0 Å². The first-order valence-electron chi connectivity index (χ1n) is 10.0. The lowest BCUT2D eigenvalue weighted by Gasteiger charge is -2.40. The Labute approximate surface area is 172 Å². The second kappa shape index (κ2) is 9.65. The molecule has 0 bridgehead atoms. The molecule has 2 aromatic rings. The van der Waals surface area contributed by atoms with Gasteiger partial charge in [0.05, 0.1) is 26.9 Å². The van der Waals surface area contributed by atoms with Crippen LogP contribution in [-0.2, 0) is 4.79 Å². The molecule has 0 spiro atoms. The topological polar surface area (TPSA) is 68.2 Å². The quantitative estimate of drug-likeness (QED) is 0.720. The highest BCUT2D eigenvalue weighted by atomic mass is 16.5. The summed E-state index contributed by atoms with van der Waals surface area (Å²) in [6.45, 7) is 3.22. The summed E-state index contributed by atoms with van der Waals surface area (Å²) in [5, 5.41) is 9.88. The van der Waals surface area contributed by atoms with Gasteiger partial charge in [0.2, 0.25) is 0 Å². The van der Waals surface area contributed by atoms with Crippen LogP contribution in [-0.4, -0.2) is 49.4 Å². The Bertz CT molecular complexity index is 838. The Morgan fingerprint density at radius 2 is 1.97 bits per heavy atom. The number of carboxylic acid groups (broad SMARTS) is 1. The Kier molecular flexibility index (Phi) is 6.99. The number of rotatable bonds is 8. The average molecular weight is 399 g/mol. The summed E-state index contributed by atoms with van der Waals surface area (Å²) < 4.78 is 16.7. The fourth-order valence-electron chi connectivity index (χ4n) is 4.06. The van der Waals surface area contributed by atoms with Crippen molar-refractivity contribution in [3.63, 3.8) is 0 Å². The summed E-state index contributed by atoms with van der Waals surface area (Å²) in [7, 11) is 3.24. The lowest BCUT2D eigenvalue weighted by atomic mass is 9.91. The fourth-order valence-corrected chi connectivity index (χ4v) is 4.06. The summed E-state index contributed by atoms with van der Waals surface area (Å²) >= 11 is 0. The van der Waals surface area contributed by atoms with Crippen molar-refractivity contribution in [3.05, 3.63) is 53.6 Å². The molecule has 1 aliphatic heterocycles. The van der Waals surface area contributed by atoms with Gasteiger partial charge in [-0.05, 0) is 56.1 Å². The summed E-state index contributed by atoms with van der Waals surface area (Å²) in [5.41, 5.74) is 1.89. The predicted molar refractivity (Wildman–Crippen MR) is 111 cm³/mol. The van der Waals surface area contributed by atoms with Gasteiger partial charge in [0, 0.05) is 11.6 Å². The van der Waals surface area contributed by atoms with Gasteiger partial charge < -0.3 is 19.3 Å². The summed E-state index contributed by atoms with van der Waals surface area (Å²) in [6.07, 6.45) is 2.51. The maximum Gasteiger partial charge on any atom is 0.320 e. The zero-order valence-corrected chi connectivity index (χ0v) is 17.3. The van der Waals surface area contributed by atoms with Crippen molar-refractivity contribution in [3.8, 4) is 17.2 Å². The van der Waals surface area contributed by atoms with E-state index >= 15 is 0 Å². The third-order valence-electron chi connectivity index (χ3n) is 5.38. The highest BCUT2D eigenvalue weighted by molar-refractivity contribution is 5.74. The smallest absolute Gasteiger partial charge is 0.320 e. The largest absolute Gasteiger partial charge is 0.497 e. The third kappa shape index (κ3) is 4.65. The van der Waals surface area contributed by atoms with E-state index in [9.17, 15) is 9.90 Å². The van der Waals surface area contributed by atoms with Crippen molar-refractivity contribution < 1.29 is 24.1 Å². The van der Waals surface area contributed by atoms with Crippen LogP contribution in [0.4, 0.5) is 0 Å². The number of ether oxygens (including phenoxy) is 3. The van der Waals surface area contributed by atoms with Crippen molar-refractivity contribution in [2.24, 2.45) is 0 Å². The molecule has 3 rings (SSSR count). The first kappa shape index (κ1) is 21.0. The first-order valence-corrected chi connectivity index (χ1v) is 10.0. The van der Waals surface area contributed by atoms with E-state index in [1.807, 2.05) is 49.4 Å². The molecular formula is C23H29NO5. The molecule has 29 heavy (non-hydrogen) atoms. The van der Waals surface area contributed by atoms with Crippen molar-refractivity contribution >= 4 is 5.97 Å². The van der Waals surface area contributed by atoms with E-state index < -0.39 is 12.0 Å². The second-order valence-corrected chi connectivity index (χ2v) is 7.10. The lowest BCUT2D eigenvalue weighted by Crippen LogP contribution is -2.46. The SMILES string of the molecule is CCOc1cccc(C(c2ccc(OC)cc2OC)N2CCCCC2C(=O)O)c1. The third-order valence-corrected chi connectivity index (χ3v) is 5.38. The van der Waals surface area contributed by atoms with Crippen LogP contribution >= 0.6 is 0 Å². The molecule has 0 aromatic heterocycles. The Balaban J connectivity index is 2.14. The number of benzene rings is 2. The first-order chi connectivity index (χ1) is 14.1. The van der Waals surface area contributed by atoms with E-state index in [1.54, 1.807) is 14.2 Å².